The zero-order chi connectivity index (χ0) is 16.6. The van der Waals surface area contributed by atoms with E-state index < -0.39 is 10.0 Å². The molecule has 3 aromatic rings. The van der Waals surface area contributed by atoms with Gasteiger partial charge >= 0.3 is 0 Å². The summed E-state index contributed by atoms with van der Waals surface area (Å²) < 4.78 is 31.0. The Hall–Kier alpha value is -2.05. The number of anilines is 1. The molecule has 6 heteroatoms. The molecule has 0 radical (unpaired) electrons. The predicted octanol–water partition coefficient (Wildman–Crippen LogP) is 4.38. The second-order valence-electron chi connectivity index (χ2n) is 5.29. The molecule has 2 heterocycles. The highest BCUT2D eigenvalue weighted by Crippen LogP contribution is 2.45. The summed E-state index contributed by atoms with van der Waals surface area (Å²) in [4.78, 5) is 1.05. The summed E-state index contributed by atoms with van der Waals surface area (Å²) in [5.41, 5.74) is 2.67. The van der Waals surface area contributed by atoms with Gasteiger partial charge in [0, 0.05) is 17.5 Å². The number of nitrogens with zero attached hydrogens (tertiary/aromatic N) is 1. The Morgan fingerprint density at radius 1 is 1.04 bits per heavy atom. The Balaban J connectivity index is 2.32. The largest absolute Gasteiger partial charge is 0.443 e. The first-order chi connectivity index (χ1) is 10.9. The molecule has 0 saturated carbocycles. The van der Waals surface area contributed by atoms with E-state index in [1.807, 2.05) is 54.8 Å². The van der Waals surface area contributed by atoms with Crippen molar-refractivity contribution in [3.63, 3.8) is 0 Å². The fraction of sp³-hybridized carbons (Fsp3) is 0.176. The third-order valence-corrected chi connectivity index (χ3v) is 5.73. The van der Waals surface area contributed by atoms with E-state index in [2.05, 4.69) is 0 Å². The molecule has 1 aromatic carbocycles. The number of thiophene rings is 1. The molecular weight excluding hydrogens is 330 g/mol. The Labute approximate surface area is 140 Å². The van der Waals surface area contributed by atoms with E-state index in [0.717, 1.165) is 21.6 Å². The van der Waals surface area contributed by atoms with E-state index in [4.69, 9.17) is 4.42 Å². The number of sulfonamides is 1. The van der Waals surface area contributed by atoms with Crippen molar-refractivity contribution in [2.45, 2.75) is 6.92 Å². The van der Waals surface area contributed by atoms with Crippen LogP contribution < -0.4 is 4.31 Å². The summed E-state index contributed by atoms with van der Waals surface area (Å²) in [5, 5.41) is 2.00. The first kappa shape index (κ1) is 15.8. The van der Waals surface area contributed by atoms with Gasteiger partial charge in [0.25, 0.3) is 0 Å². The van der Waals surface area contributed by atoms with E-state index >= 15 is 0 Å². The van der Waals surface area contributed by atoms with Crippen LogP contribution in [0.25, 0.3) is 21.6 Å². The van der Waals surface area contributed by atoms with Gasteiger partial charge in [-0.1, -0.05) is 36.4 Å². The smallest absolute Gasteiger partial charge is 0.234 e. The average molecular weight is 347 g/mol. The molecule has 0 atom stereocenters. The predicted molar refractivity (Wildman–Crippen MR) is 95.4 cm³/mol. The third-order valence-electron chi connectivity index (χ3n) is 3.68. The van der Waals surface area contributed by atoms with Gasteiger partial charge in [-0.15, -0.1) is 11.3 Å². The van der Waals surface area contributed by atoms with E-state index in [0.29, 0.717) is 11.6 Å². The molecule has 120 valence electrons. The van der Waals surface area contributed by atoms with Gasteiger partial charge in [0.05, 0.1) is 11.8 Å². The van der Waals surface area contributed by atoms with Crippen LogP contribution >= 0.6 is 11.3 Å². The number of rotatable bonds is 4. The van der Waals surface area contributed by atoms with E-state index in [-0.39, 0.29) is 0 Å². The molecule has 0 fully saturated rings. The van der Waals surface area contributed by atoms with Crippen LogP contribution in [0.4, 0.5) is 5.88 Å². The Bertz CT molecular complexity index is 910. The van der Waals surface area contributed by atoms with E-state index in [1.54, 1.807) is 11.3 Å². The van der Waals surface area contributed by atoms with Gasteiger partial charge in [-0.25, -0.2) is 12.7 Å². The van der Waals surface area contributed by atoms with E-state index in [1.165, 1.54) is 17.6 Å². The van der Waals surface area contributed by atoms with Crippen molar-refractivity contribution >= 4 is 27.2 Å². The van der Waals surface area contributed by atoms with E-state index in [9.17, 15) is 8.42 Å². The van der Waals surface area contributed by atoms with Crippen molar-refractivity contribution < 1.29 is 12.8 Å². The van der Waals surface area contributed by atoms with Crippen LogP contribution in [0.5, 0.6) is 0 Å². The SMILES string of the molecule is Cc1oc(N(C)S(C)(=O)=O)c(-c2ccccc2)c1-c1cccs1. The lowest BCUT2D eigenvalue weighted by atomic mass is 10.0. The number of hydrogen-bond acceptors (Lipinski definition) is 4. The molecule has 0 aliphatic carbocycles. The van der Waals surface area contributed by atoms with Crippen LogP contribution in [-0.2, 0) is 10.0 Å². The minimum absolute atomic E-state index is 0.347. The molecular formula is C17H17NO3S2. The molecule has 0 aliphatic rings. The van der Waals surface area contributed by atoms with Crippen LogP contribution in [0.2, 0.25) is 0 Å². The second kappa shape index (κ2) is 5.86. The Morgan fingerprint density at radius 2 is 1.74 bits per heavy atom. The minimum atomic E-state index is -3.42. The molecule has 0 saturated heterocycles. The highest BCUT2D eigenvalue weighted by atomic mass is 32.2. The average Bonchev–Trinajstić information content (AvgIpc) is 3.13. The van der Waals surface area contributed by atoms with Crippen molar-refractivity contribution in [3.8, 4) is 21.6 Å². The van der Waals surface area contributed by atoms with Gasteiger partial charge in [0.2, 0.25) is 15.9 Å². The van der Waals surface area contributed by atoms with Crippen molar-refractivity contribution in [2.75, 3.05) is 17.6 Å². The fourth-order valence-electron chi connectivity index (χ4n) is 2.49. The number of benzene rings is 1. The third kappa shape index (κ3) is 2.92. The molecule has 2 aromatic heterocycles. The molecule has 0 spiro atoms. The highest BCUT2D eigenvalue weighted by molar-refractivity contribution is 7.92. The quantitative estimate of drug-likeness (QED) is 0.704. The summed E-state index contributed by atoms with van der Waals surface area (Å²) in [6.45, 7) is 1.86. The van der Waals surface area contributed by atoms with Crippen molar-refractivity contribution in [2.24, 2.45) is 0 Å². The maximum absolute atomic E-state index is 12.0. The fourth-order valence-corrected chi connectivity index (χ4v) is 3.75. The molecule has 0 unspecified atom stereocenters. The second-order valence-corrected chi connectivity index (χ2v) is 8.25. The maximum Gasteiger partial charge on any atom is 0.234 e. The molecule has 4 nitrogen and oxygen atoms in total. The van der Waals surface area contributed by atoms with Gasteiger partial charge in [0.15, 0.2) is 0 Å². The zero-order valence-corrected chi connectivity index (χ0v) is 14.7. The lowest BCUT2D eigenvalue weighted by Gasteiger charge is -2.15. The summed E-state index contributed by atoms with van der Waals surface area (Å²) >= 11 is 1.60. The topological polar surface area (TPSA) is 50.5 Å². The molecule has 0 aliphatic heterocycles. The molecule has 0 N–H and O–H groups in total. The standard InChI is InChI=1S/C17H17NO3S2/c1-12-15(14-10-7-11-22-14)16(13-8-5-4-6-9-13)17(21-12)18(2)23(3,19)20/h4-11H,1-3H3. The number of hydrogen-bond donors (Lipinski definition) is 0. The van der Waals surface area contributed by atoms with Gasteiger partial charge < -0.3 is 4.42 Å². The first-order valence-electron chi connectivity index (χ1n) is 7.06. The number of aryl methyl sites for hydroxylation is 1. The highest BCUT2D eigenvalue weighted by Gasteiger charge is 2.27. The van der Waals surface area contributed by atoms with Gasteiger partial charge in [0.1, 0.15) is 5.76 Å². The van der Waals surface area contributed by atoms with Crippen LogP contribution in [0.15, 0.2) is 52.3 Å². The lowest BCUT2D eigenvalue weighted by Crippen LogP contribution is -2.24. The summed E-state index contributed by atoms with van der Waals surface area (Å²) in [5.74, 6) is 1.05. The molecule has 23 heavy (non-hydrogen) atoms. The van der Waals surface area contributed by atoms with Crippen molar-refractivity contribution in [1.82, 2.24) is 0 Å². The molecule has 3 rings (SSSR count). The van der Waals surface area contributed by atoms with Crippen LogP contribution in [0.3, 0.4) is 0 Å². The Morgan fingerprint density at radius 3 is 2.30 bits per heavy atom. The van der Waals surface area contributed by atoms with Gasteiger partial charge in [-0.05, 0) is 23.9 Å². The van der Waals surface area contributed by atoms with Crippen molar-refractivity contribution in [1.29, 1.82) is 0 Å². The molecule has 0 amide bonds. The monoisotopic (exact) mass is 347 g/mol. The first-order valence-corrected chi connectivity index (χ1v) is 9.79. The zero-order valence-electron chi connectivity index (χ0n) is 13.1. The molecule has 0 bridgehead atoms. The summed E-state index contributed by atoms with van der Waals surface area (Å²) in [6.07, 6.45) is 1.17. The maximum atomic E-state index is 12.0. The van der Waals surface area contributed by atoms with Crippen LogP contribution in [0, 0.1) is 6.92 Å². The van der Waals surface area contributed by atoms with Crippen molar-refractivity contribution in [3.05, 3.63) is 53.6 Å². The van der Waals surface area contributed by atoms with Gasteiger partial charge in [-0.2, -0.15) is 0 Å². The summed E-state index contributed by atoms with van der Waals surface area (Å²) in [6, 6.07) is 13.7. The summed E-state index contributed by atoms with van der Waals surface area (Å²) in [7, 11) is -1.90. The van der Waals surface area contributed by atoms with Crippen LogP contribution in [0.1, 0.15) is 5.76 Å². The normalized spacial score (nSPS) is 11.6. The lowest BCUT2D eigenvalue weighted by molar-refractivity contribution is 0.536. The van der Waals surface area contributed by atoms with Gasteiger partial charge in [-0.3, -0.25) is 0 Å². The minimum Gasteiger partial charge on any atom is -0.443 e. The van der Waals surface area contributed by atoms with Crippen LogP contribution in [-0.4, -0.2) is 21.7 Å². The Kier molecular flexibility index (Phi) is 4.04. The number of furan rings is 1.